The summed E-state index contributed by atoms with van der Waals surface area (Å²) in [4.78, 5) is 28.9. The number of urea groups is 1. The lowest BCUT2D eigenvalue weighted by atomic mass is 9.89. The molecule has 148 valence electrons. The molecule has 0 bridgehead atoms. The average Bonchev–Trinajstić information content (AvgIpc) is 2.69. The summed E-state index contributed by atoms with van der Waals surface area (Å²) in [5, 5.41) is 2.61. The van der Waals surface area contributed by atoms with Gasteiger partial charge in [0.25, 0.3) is 0 Å². The number of nitrogens with zero attached hydrogens (tertiary/aromatic N) is 2. The summed E-state index contributed by atoms with van der Waals surface area (Å²) in [5.41, 5.74) is 6.14. The van der Waals surface area contributed by atoms with E-state index >= 15 is 0 Å². The van der Waals surface area contributed by atoms with E-state index in [-0.39, 0.29) is 29.6 Å². The molecule has 2 atom stereocenters. The zero-order valence-corrected chi connectivity index (χ0v) is 15.9. The first-order chi connectivity index (χ1) is 13.0. The number of hydrogen-bond acceptors (Lipinski definition) is 3. The highest BCUT2D eigenvalue weighted by Crippen LogP contribution is 2.25. The molecule has 6 nitrogen and oxygen atoms in total. The molecule has 3 amide bonds. The van der Waals surface area contributed by atoms with Crippen LogP contribution in [0.1, 0.15) is 32.6 Å². The van der Waals surface area contributed by atoms with Crippen LogP contribution in [0.15, 0.2) is 24.3 Å². The second-order valence-electron chi connectivity index (χ2n) is 7.72. The van der Waals surface area contributed by atoms with Crippen LogP contribution in [0.25, 0.3) is 0 Å². The van der Waals surface area contributed by atoms with Crippen molar-refractivity contribution in [3.8, 4) is 0 Å². The first-order valence-electron chi connectivity index (χ1n) is 9.80. The largest absolute Gasteiger partial charge is 0.342 e. The molecule has 2 unspecified atom stereocenters. The molecular formula is C20H29FN4O2. The minimum atomic E-state index is -0.465. The van der Waals surface area contributed by atoms with Crippen LogP contribution in [-0.4, -0.2) is 54.0 Å². The maximum Gasteiger partial charge on any atom is 0.321 e. The maximum absolute atomic E-state index is 13.8. The Morgan fingerprint density at radius 3 is 2.52 bits per heavy atom. The topological polar surface area (TPSA) is 78.7 Å². The molecule has 7 heteroatoms. The van der Waals surface area contributed by atoms with Crippen molar-refractivity contribution in [1.29, 1.82) is 0 Å². The molecule has 0 saturated carbocycles. The van der Waals surface area contributed by atoms with Gasteiger partial charge in [-0.05, 0) is 50.7 Å². The summed E-state index contributed by atoms with van der Waals surface area (Å²) in [6.45, 7) is 4.46. The van der Waals surface area contributed by atoms with E-state index in [1.165, 1.54) is 12.1 Å². The SMILES string of the molecule is CC(N)C1CCN(C(=O)C2CCCN(C(=O)Nc3ccccc3F)C2)CC1. The van der Waals surface area contributed by atoms with Crippen LogP contribution in [0.5, 0.6) is 0 Å². The second-order valence-corrected chi connectivity index (χ2v) is 7.72. The van der Waals surface area contributed by atoms with Gasteiger partial charge in [-0.25, -0.2) is 9.18 Å². The second kappa shape index (κ2) is 8.69. The highest BCUT2D eigenvalue weighted by molar-refractivity contribution is 5.90. The summed E-state index contributed by atoms with van der Waals surface area (Å²) >= 11 is 0. The Labute approximate surface area is 159 Å². The number of anilines is 1. The first-order valence-corrected chi connectivity index (χ1v) is 9.80. The molecule has 0 radical (unpaired) electrons. The van der Waals surface area contributed by atoms with Crippen molar-refractivity contribution in [3.63, 3.8) is 0 Å². The Kier molecular flexibility index (Phi) is 6.31. The highest BCUT2D eigenvalue weighted by Gasteiger charge is 2.33. The van der Waals surface area contributed by atoms with Gasteiger partial charge in [0.15, 0.2) is 0 Å². The number of carbonyl (C=O) groups excluding carboxylic acids is 2. The Bertz CT molecular complexity index is 674. The van der Waals surface area contributed by atoms with Gasteiger partial charge >= 0.3 is 6.03 Å². The number of rotatable bonds is 3. The molecule has 3 N–H and O–H groups in total. The van der Waals surface area contributed by atoms with Crippen molar-refractivity contribution >= 4 is 17.6 Å². The summed E-state index contributed by atoms with van der Waals surface area (Å²) < 4.78 is 13.8. The molecule has 2 aliphatic rings. The van der Waals surface area contributed by atoms with Gasteiger partial charge in [0.1, 0.15) is 5.82 Å². The molecule has 0 aliphatic carbocycles. The normalized spacial score (nSPS) is 22.4. The van der Waals surface area contributed by atoms with Gasteiger partial charge in [-0.1, -0.05) is 12.1 Å². The van der Waals surface area contributed by atoms with E-state index in [4.69, 9.17) is 5.73 Å². The molecule has 27 heavy (non-hydrogen) atoms. The van der Waals surface area contributed by atoms with Crippen molar-refractivity contribution in [2.75, 3.05) is 31.5 Å². The van der Waals surface area contributed by atoms with Crippen LogP contribution in [0.3, 0.4) is 0 Å². The number of nitrogens with two attached hydrogens (primary N) is 1. The van der Waals surface area contributed by atoms with E-state index in [1.54, 1.807) is 17.0 Å². The van der Waals surface area contributed by atoms with Crippen LogP contribution >= 0.6 is 0 Å². The van der Waals surface area contributed by atoms with Crippen molar-refractivity contribution in [2.45, 2.75) is 38.6 Å². The molecule has 0 aromatic heterocycles. The van der Waals surface area contributed by atoms with E-state index in [0.717, 1.165) is 38.8 Å². The van der Waals surface area contributed by atoms with Crippen LogP contribution in [0.4, 0.5) is 14.9 Å². The first kappa shape index (κ1) is 19.6. The quantitative estimate of drug-likeness (QED) is 0.851. The van der Waals surface area contributed by atoms with Gasteiger partial charge in [-0.2, -0.15) is 0 Å². The zero-order valence-electron chi connectivity index (χ0n) is 15.9. The number of piperidine rings is 2. The molecule has 2 saturated heterocycles. The number of halogens is 1. The predicted molar refractivity (Wildman–Crippen MR) is 103 cm³/mol. The third kappa shape index (κ3) is 4.77. The lowest BCUT2D eigenvalue weighted by molar-refractivity contribution is -0.138. The summed E-state index contributed by atoms with van der Waals surface area (Å²) in [7, 11) is 0. The smallest absolute Gasteiger partial charge is 0.321 e. The van der Waals surface area contributed by atoms with Crippen LogP contribution in [0.2, 0.25) is 0 Å². The maximum atomic E-state index is 13.8. The van der Waals surface area contributed by atoms with E-state index in [0.29, 0.717) is 19.0 Å². The number of para-hydroxylation sites is 1. The third-order valence-corrected chi connectivity index (χ3v) is 5.77. The molecule has 0 spiro atoms. The fourth-order valence-electron chi connectivity index (χ4n) is 4.02. The number of hydrogen-bond donors (Lipinski definition) is 2. The van der Waals surface area contributed by atoms with Gasteiger partial charge < -0.3 is 20.9 Å². The Balaban J connectivity index is 1.55. The lowest BCUT2D eigenvalue weighted by Crippen LogP contribution is -2.50. The molecule has 2 aliphatic heterocycles. The summed E-state index contributed by atoms with van der Waals surface area (Å²) in [5.74, 6) is -0.0468. The predicted octanol–water partition coefficient (Wildman–Crippen LogP) is 2.66. The fourth-order valence-corrected chi connectivity index (χ4v) is 4.02. The Morgan fingerprint density at radius 1 is 1.15 bits per heavy atom. The minimum absolute atomic E-state index is 0.126. The molecule has 3 rings (SSSR count). The summed E-state index contributed by atoms with van der Waals surface area (Å²) in [6.07, 6.45) is 3.44. The van der Waals surface area contributed by atoms with Gasteiger partial charge in [0.2, 0.25) is 5.91 Å². The zero-order chi connectivity index (χ0) is 19.4. The Hall–Kier alpha value is -2.15. The molecule has 1 aromatic rings. The number of amides is 3. The van der Waals surface area contributed by atoms with Gasteiger partial charge in [0, 0.05) is 32.2 Å². The standard InChI is InChI=1S/C20H29FN4O2/c1-14(22)15-8-11-24(12-9-15)19(26)16-5-4-10-25(13-16)20(27)23-18-7-3-2-6-17(18)21/h2-3,6-7,14-16H,4-5,8-13,22H2,1H3,(H,23,27). The Morgan fingerprint density at radius 2 is 1.85 bits per heavy atom. The summed E-state index contributed by atoms with van der Waals surface area (Å²) in [6, 6.07) is 5.90. The van der Waals surface area contributed by atoms with Crippen LogP contribution in [0, 0.1) is 17.7 Å². The number of nitrogens with one attached hydrogen (secondary N) is 1. The average molecular weight is 376 g/mol. The minimum Gasteiger partial charge on any atom is -0.342 e. The highest BCUT2D eigenvalue weighted by atomic mass is 19.1. The lowest BCUT2D eigenvalue weighted by Gasteiger charge is -2.38. The van der Waals surface area contributed by atoms with Gasteiger partial charge in [0.05, 0.1) is 11.6 Å². The van der Waals surface area contributed by atoms with Crippen molar-refractivity contribution in [2.24, 2.45) is 17.6 Å². The van der Waals surface area contributed by atoms with Crippen molar-refractivity contribution < 1.29 is 14.0 Å². The molecular weight excluding hydrogens is 347 g/mol. The van der Waals surface area contributed by atoms with Gasteiger partial charge in [-0.15, -0.1) is 0 Å². The van der Waals surface area contributed by atoms with E-state index in [1.807, 2.05) is 11.8 Å². The van der Waals surface area contributed by atoms with Crippen molar-refractivity contribution in [3.05, 3.63) is 30.1 Å². The van der Waals surface area contributed by atoms with Crippen molar-refractivity contribution in [1.82, 2.24) is 9.80 Å². The third-order valence-electron chi connectivity index (χ3n) is 5.77. The number of carbonyl (C=O) groups is 2. The molecule has 2 heterocycles. The monoisotopic (exact) mass is 376 g/mol. The van der Waals surface area contributed by atoms with Crippen LogP contribution < -0.4 is 11.1 Å². The van der Waals surface area contributed by atoms with E-state index < -0.39 is 5.82 Å². The molecule has 1 aromatic carbocycles. The molecule has 2 fully saturated rings. The van der Waals surface area contributed by atoms with Gasteiger partial charge in [-0.3, -0.25) is 4.79 Å². The van der Waals surface area contributed by atoms with E-state index in [2.05, 4.69) is 5.32 Å². The number of benzene rings is 1. The van der Waals surface area contributed by atoms with E-state index in [9.17, 15) is 14.0 Å². The fraction of sp³-hybridized carbons (Fsp3) is 0.600. The van der Waals surface area contributed by atoms with Crippen LogP contribution in [-0.2, 0) is 4.79 Å². The number of likely N-dealkylation sites (tertiary alicyclic amines) is 2.